The molecule has 1 amide bonds. The summed E-state index contributed by atoms with van der Waals surface area (Å²) in [6.45, 7) is 4.51. The number of benzene rings is 1. The van der Waals surface area contributed by atoms with E-state index in [2.05, 4.69) is 21.1 Å². The second-order valence-corrected chi connectivity index (χ2v) is 11.4. The van der Waals surface area contributed by atoms with Gasteiger partial charge in [0.05, 0.1) is 18.8 Å². The van der Waals surface area contributed by atoms with Crippen molar-refractivity contribution in [2.45, 2.75) is 38.6 Å². The molecule has 5 rings (SSSR count). The van der Waals surface area contributed by atoms with Crippen LogP contribution in [0.3, 0.4) is 0 Å². The molecule has 1 aromatic heterocycles. The summed E-state index contributed by atoms with van der Waals surface area (Å²) in [4.78, 5) is 21.8. The van der Waals surface area contributed by atoms with E-state index in [4.69, 9.17) is 4.52 Å². The maximum Gasteiger partial charge on any atom is 0.244 e. The Morgan fingerprint density at radius 2 is 1.97 bits per heavy atom. The second-order valence-electron chi connectivity index (χ2n) is 9.39. The Hall–Kier alpha value is -2.30. The van der Waals surface area contributed by atoms with Crippen molar-refractivity contribution in [3.8, 4) is 0 Å². The van der Waals surface area contributed by atoms with Crippen molar-refractivity contribution in [2.75, 3.05) is 43.9 Å². The zero-order valence-electron chi connectivity index (χ0n) is 18.5. The third-order valence-electron chi connectivity index (χ3n) is 7.21. The highest BCUT2D eigenvalue weighted by Crippen LogP contribution is 2.49. The predicted octanol–water partition coefficient (Wildman–Crippen LogP) is 1.76. The summed E-state index contributed by atoms with van der Waals surface area (Å²) in [6.07, 6.45) is 4.46. The fraction of sp³-hybridized carbons (Fsp3) is 0.591. The van der Waals surface area contributed by atoms with E-state index in [-0.39, 0.29) is 23.9 Å². The molecule has 2 fully saturated rings. The van der Waals surface area contributed by atoms with Gasteiger partial charge in [0.15, 0.2) is 5.82 Å². The molecule has 0 radical (unpaired) electrons. The number of hydrogen-bond donors (Lipinski definition) is 0. The van der Waals surface area contributed by atoms with Gasteiger partial charge in [0.25, 0.3) is 0 Å². The number of carbonyl (C=O) groups is 1. The molecule has 9 nitrogen and oxygen atoms in total. The second kappa shape index (κ2) is 7.93. The van der Waals surface area contributed by atoms with Gasteiger partial charge in [-0.3, -0.25) is 9.69 Å². The van der Waals surface area contributed by atoms with Crippen LogP contribution in [0.1, 0.15) is 42.6 Å². The number of anilines is 1. The lowest BCUT2D eigenvalue weighted by Gasteiger charge is -2.38. The largest absolute Gasteiger partial charge is 0.338 e. The monoisotopic (exact) mass is 459 g/mol. The molecule has 0 N–H and O–H groups in total. The smallest absolute Gasteiger partial charge is 0.244 e. The quantitative estimate of drug-likeness (QED) is 0.687. The van der Waals surface area contributed by atoms with Crippen LogP contribution in [0.4, 0.5) is 5.69 Å². The highest BCUT2D eigenvalue weighted by Gasteiger charge is 2.49. The van der Waals surface area contributed by atoms with Crippen LogP contribution >= 0.6 is 0 Å². The fourth-order valence-corrected chi connectivity index (χ4v) is 6.36. The number of para-hydroxylation sites is 1. The molecule has 172 valence electrons. The van der Waals surface area contributed by atoms with E-state index in [0.717, 1.165) is 37.9 Å². The number of aromatic nitrogens is 2. The van der Waals surface area contributed by atoms with Gasteiger partial charge in [-0.25, -0.2) is 12.7 Å². The van der Waals surface area contributed by atoms with Gasteiger partial charge < -0.3 is 9.42 Å². The first-order chi connectivity index (χ1) is 15.2. The molecule has 4 heterocycles. The van der Waals surface area contributed by atoms with Crippen LogP contribution < -0.4 is 4.90 Å². The molecule has 0 saturated carbocycles. The summed E-state index contributed by atoms with van der Waals surface area (Å²) in [5.41, 5.74) is 2.14. The number of aryl methyl sites for hydroxylation is 1. The zero-order valence-corrected chi connectivity index (χ0v) is 19.3. The Morgan fingerprint density at radius 3 is 2.66 bits per heavy atom. The number of amides is 1. The Morgan fingerprint density at radius 1 is 1.22 bits per heavy atom. The van der Waals surface area contributed by atoms with Gasteiger partial charge in [-0.15, -0.1) is 0 Å². The Balaban J connectivity index is 1.36. The summed E-state index contributed by atoms with van der Waals surface area (Å²) < 4.78 is 31.0. The summed E-state index contributed by atoms with van der Waals surface area (Å²) in [6, 6.07) is 7.92. The first kappa shape index (κ1) is 21.5. The maximum absolute atomic E-state index is 13.3. The van der Waals surface area contributed by atoms with E-state index >= 15 is 0 Å². The SMILES string of the molecule is Cc1noc(C2CC3(CCN(S(C)(=O)=O)CC3)CN2CC(=O)N2CCc3ccccc32)n1. The van der Waals surface area contributed by atoms with Gasteiger partial charge >= 0.3 is 0 Å². The van der Waals surface area contributed by atoms with Gasteiger partial charge in [0, 0.05) is 31.9 Å². The molecule has 2 saturated heterocycles. The maximum atomic E-state index is 13.3. The molecule has 3 aliphatic rings. The van der Waals surface area contributed by atoms with Gasteiger partial charge in [0.2, 0.25) is 21.8 Å². The minimum absolute atomic E-state index is 0.0581. The molecule has 32 heavy (non-hydrogen) atoms. The van der Waals surface area contributed by atoms with Crippen LogP contribution in [0.2, 0.25) is 0 Å². The molecular formula is C22H29N5O4S. The van der Waals surface area contributed by atoms with Gasteiger partial charge in [-0.1, -0.05) is 23.4 Å². The number of fused-ring (bicyclic) bond motifs is 1. The van der Waals surface area contributed by atoms with Crippen molar-refractivity contribution in [3.05, 3.63) is 41.5 Å². The van der Waals surface area contributed by atoms with E-state index in [9.17, 15) is 13.2 Å². The van der Waals surface area contributed by atoms with Crippen LogP contribution in [0, 0.1) is 12.3 Å². The van der Waals surface area contributed by atoms with Gasteiger partial charge in [-0.05, 0) is 49.7 Å². The average molecular weight is 460 g/mol. The zero-order chi connectivity index (χ0) is 22.5. The van der Waals surface area contributed by atoms with E-state index in [1.165, 1.54) is 11.8 Å². The fourth-order valence-electron chi connectivity index (χ4n) is 5.51. The van der Waals surface area contributed by atoms with Crippen molar-refractivity contribution >= 4 is 21.6 Å². The molecular weight excluding hydrogens is 430 g/mol. The van der Waals surface area contributed by atoms with Crippen molar-refractivity contribution < 1.29 is 17.7 Å². The normalized spacial score (nSPS) is 23.7. The van der Waals surface area contributed by atoms with Gasteiger partial charge in [-0.2, -0.15) is 4.98 Å². The first-order valence-electron chi connectivity index (χ1n) is 11.1. The molecule has 2 aromatic rings. The van der Waals surface area contributed by atoms with Gasteiger partial charge in [0.1, 0.15) is 0 Å². The molecule has 1 aromatic carbocycles. The number of nitrogens with zero attached hydrogens (tertiary/aromatic N) is 5. The number of hydrogen-bond acceptors (Lipinski definition) is 7. The molecule has 1 atom stereocenters. The number of carbonyl (C=O) groups excluding carboxylic acids is 1. The van der Waals surface area contributed by atoms with E-state index < -0.39 is 10.0 Å². The molecule has 10 heteroatoms. The molecule has 1 spiro atoms. The number of likely N-dealkylation sites (tertiary alicyclic amines) is 1. The van der Waals surface area contributed by atoms with E-state index in [1.54, 1.807) is 11.2 Å². The highest BCUT2D eigenvalue weighted by atomic mass is 32.2. The van der Waals surface area contributed by atoms with Crippen molar-refractivity contribution in [1.29, 1.82) is 0 Å². The van der Waals surface area contributed by atoms with Crippen LogP contribution in [-0.2, 0) is 21.2 Å². The summed E-state index contributed by atoms with van der Waals surface area (Å²) in [5, 5.41) is 3.96. The van der Waals surface area contributed by atoms with Crippen LogP contribution in [0.5, 0.6) is 0 Å². The van der Waals surface area contributed by atoms with Crippen LogP contribution in [0.15, 0.2) is 28.8 Å². The summed E-state index contributed by atoms with van der Waals surface area (Å²) >= 11 is 0. The Labute approximate surface area is 188 Å². The predicted molar refractivity (Wildman–Crippen MR) is 119 cm³/mol. The lowest BCUT2D eigenvalue weighted by molar-refractivity contribution is -0.120. The topological polar surface area (TPSA) is 99.8 Å². The van der Waals surface area contributed by atoms with E-state index in [0.29, 0.717) is 31.3 Å². The molecule has 0 aliphatic carbocycles. The number of sulfonamides is 1. The third-order valence-corrected chi connectivity index (χ3v) is 8.52. The minimum atomic E-state index is -3.19. The van der Waals surface area contributed by atoms with Crippen molar-refractivity contribution in [2.24, 2.45) is 5.41 Å². The molecule has 3 aliphatic heterocycles. The lowest BCUT2D eigenvalue weighted by atomic mass is 9.77. The summed E-state index contributed by atoms with van der Waals surface area (Å²) in [5.74, 6) is 1.19. The lowest BCUT2D eigenvalue weighted by Crippen LogP contribution is -2.45. The van der Waals surface area contributed by atoms with Crippen molar-refractivity contribution in [3.63, 3.8) is 0 Å². The van der Waals surface area contributed by atoms with Crippen LogP contribution in [0.25, 0.3) is 0 Å². The Kier molecular flexibility index (Phi) is 5.34. The number of rotatable bonds is 4. The summed E-state index contributed by atoms with van der Waals surface area (Å²) in [7, 11) is -3.19. The minimum Gasteiger partial charge on any atom is -0.338 e. The van der Waals surface area contributed by atoms with E-state index in [1.807, 2.05) is 23.1 Å². The average Bonchev–Trinajstić information content (AvgIpc) is 3.45. The first-order valence-corrected chi connectivity index (χ1v) is 13.0. The van der Waals surface area contributed by atoms with Crippen molar-refractivity contribution in [1.82, 2.24) is 19.3 Å². The standard InChI is InChI=1S/C22H29N5O4S/c1-16-23-21(31-24-16)19-13-22(8-11-26(12-9-22)32(2,29)30)15-25(19)14-20(28)27-10-7-17-5-3-4-6-18(17)27/h3-6,19H,7-15H2,1-2H3. The molecule has 0 bridgehead atoms. The highest BCUT2D eigenvalue weighted by molar-refractivity contribution is 7.88. The third kappa shape index (κ3) is 3.95. The number of piperidine rings is 1. The van der Waals surface area contributed by atoms with Crippen LogP contribution in [-0.4, -0.2) is 72.7 Å². The molecule has 1 unspecified atom stereocenters. The Bertz CT molecular complexity index is 1120.